The molecule has 0 saturated heterocycles. The lowest BCUT2D eigenvalue weighted by atomic mass is 9.90. The smallest absolute Gasteiger partial charge is 0.221 e. The van der Waals surface area contributed by atoms with Gasteiger partial charge in [0.25, 0.3) is 0 Å². The van der Waals surface area contributed by atoms with Crippen molar-refractivity contribution in [1.29, 1.82) is 0 Å². The van der Waals surface area contributed by atoms with Crippen molar-refractivity contribution < 1.29 is 4.79 Å². The van der Waals surface area contributed by atoms with Gasteiger partial charge in [-0.2, -0.15) is 0 Å². The number of rotatable bonds is 6. The van der Waals surface area contributed by atoms with E-state index >= 15 is 0 Å². The first kappa shape index (κ1) is 15.4. The second-order valence-electron chi connectivity index (χ2n) is 6.32. The molecule has 2 N–H and O–H groups in total. The van der Waals surface area contributed by atoms with E-state index in [1.165, 1.54) is 0 Å². The van der Waals surface area contributed by atoms with Crippen molar-refractivity contribution in [2.75, 3.05) is 13.6 Å². The standard InChI is InChI=1S/C13H28N2O/c1-12(2,3)8-7-9-15-11(16)10-13(4,5)14-6/h14H,7-10H2,1-6H3,(H,15,16). The Morgan fingerprint density at radius 2 is 1.69 bits per heavy atom. The third-order valence-electron chi connectivity index (χ3n) is 2.70. The molecule has 96 valence electrons. The monoisotopic (exact) mass is 228 g/mol. The third-order valence-corrected chi connectivity index (χ3v) is 2.70. The Hall–Kier alpha value is -0.570. The van der Waals surface area contributed by atoms with Crippen LogP contribution in [-0.4, -0.2) is 25.0 Å². The predicted octanol–water partition coefficient (Wildman–Crippen LogP) is 2.32. The van der Waals surface area contributed by atoms with Crippen LogP contribution in [0.5, 0.6) is 0 Å². The fourth-order valence-corrected chi connectivity index (χ4v) is 1.40. The first-order chi connectivity index (χ1) is 7.16. The van der Waals surface area contributed by atoms with E-state index in [-0.39, 0.29) is 11.4 Å². The van der Waals surface area contributed by atoms with Gasteiger partial charge in [-0.15, -0.1) is 0 Å². The molecule has 16 heavy (non-hydrogen) atoms. The van der Waals surface area contributed by atoms with Crippen molar-refractivity contribution in [2.45, 2.75) is 59.4 Å². The molecule has 0 aliphatic heterocycles. The second kappa shape index (κ2) is 6.24. The van der Waals surface area contributed by atoms with Gasteiger partial charge in [-0.25, -0.2) is 0 Å². The van der Waals surface area contributed by atoms with Crippen molar-refractivity contribution in [1.82, 2.24) is 10.6 Å². The molecule has 0 spiro atoms. The molecule has 0 radical (unpaired) electrons. The molecule has 0 aliphatic rings. The minimum Gasteiger partial charge on any atom is -0.356 e. The summed E-state index contributed by atoms with van der Waals surface area (Å²) in [4.78, 5) is 11.6. The average molecular weight is 228 g/mol. The van der Waals surface area contributed by atoms with Crippen molar-refractivity contribution >= 4 is 5.91 Å². The molecule has 0 rings (SSSR count). The number of hydrogen-bond acceptors (Lipinski definition) is 2. The van der Waals surface area contributed by atoms with E-state index < -0.39 is 0 Å². The molecule has 0 unspecified atom stereocenters. The van der Waals surface area contributed by atoms with Crippen molar-refractivity contribution in [3.63, 3.8) is 0 Å². The van der Waals surface area contributed by atoms with Crippen LogP contribution in [0.4, 0.5) is 0 Å². The van der Waals surface area contributed by atoms with Crippen molar-refractivity contribution in [3.05, 3.63) is 0 Å². The van der Waals surface area contributed by atoms with Crippen molar-refractivity contribution in [3.8, 4) is 0 Å². The highest BCUT2D eigenvalue weighted by Crippen LogP contribution is 2.19. The number of carbonyl (C=O) groups is 1. The van der Waals surface area contributed by atoms with E-state index in [1.807, 2.05) is 20.9 Å². The van der Waals surface area contributed by atoms with Crippen LogP contribution >= 0.6 is 0 Å². The fraction of sp³-hybridized carbons (Fsp3) is 0.923. The normalized spacial score (nSPS) is 12.6. The van der Waals surface area contributed by atoms with E-state index in [9.17, 15) is 4.79 Å². The molecular weight excluding hydrogens is 200 g/mol. The zero-order chi connectivity index (χ0) is 12.8. The first-order valence-corrected chi connectivity index (χ1v) is 6.12. The Balaban J connectivity index is 3.67. The van der Waals surface area contributed by atoms with E-state index in [2.05, 4.69) is 31.4 Å². The Bertz CT molecular complexity index is 216. The maximum Gasteiger partial charge on any atom is 0.221 e. The largest absolute Gasteiger partial charge is 0.356 e. The highest BCUT2D eigenvalue weighted by Gasteiger charge is 2.19. The Kier molecular flexibility index (Phi) is 6.01. The van der Waals surface area contributed by atoms with Crippen LogP contribution in [0.25, 0.3) is 0 Å². The van der Waals surface area contributed by atoms with Crippen LogP contribution in [0.1, 0.15) is 53.9 Å². The number of nitrogens with one attached hydrogen (secondary N) is 2. The van der Waals surface area contributed by atoms with Gasteiger partial charge in [0, 0.05) is 18.5 Å². The zero-order valence-corrected chi connectivity index (χ0v) is 11.7. The van der Waals surface area contributed by atoms with E-state index in [1.54, 1.807) is 0 Å². The summed E-state index contributed by atoms with van der Waals surface area (Å²) in [7, 11) is 1.88. The molecule has 0 aromatic heterocycles. The number of amides is 1. The molecule has 0 saturated carbocycles. The van der Waals surface area contributed by atoms with Gasteiger partial charge in [0.15, 0.2) is 0 Å². The van der Waals surface area contributed by atoms with Gasteiger partial charge in [-0.3, -0.25) is 4.79 Å². The summed E-state index contributed by atoms with van der Waals surface area (Å²) >= 11 is 0. The van der Waals surface area contributed by atoms with Gasteiger partial charge in [0.05, 0.1) is 0 Å². The molecule has 0 bridgehead atoms. The summed E-state index contributed by atoms with van der Waals surface area (Å²) < 4.78 is 0. The van der Waals surface area contributed by atoms with Crippen LogP contribution in [0.2, 0.25) is 0 Å². The quantitative estimate of drug-likeness (QED) is 0.685. The van der Waals surface area contributed by atoms with Crippen molar-refractivity contribution in [2.24, 2.45) is 5.41 Å². The van der Waals surface area contributed by atoms with Gasteiger partial charge in [0.2, 0.25) is 5.91 Å². The number of hydrogen-bond donors (Lipinski definition) is 2. The zero-order valence-electron chi connectivity index (χ0n) is 11.7. The summed E-state index contributed by atoms with van der Waals surface area (Å²) in [5.41, 5.74) is 0.239. The van der Waals surface area contributed by atoms with E-state index in [0.717, 1.165) is 19.4 Å². The Morgan fingerprint density at radius 1 is 1.12 bits per heavy atom. The molecule has 1 amide bonds. The van der Waals surface area contributed by atoms with Crippen LogP contribution in [0.15, 0.2) is 0 Å². The van der Waals surface area contributed by atoms with Gasteiger partial charge in [0.1, 0.15) is 0 Å². The summed E-state index contributed by atoms with van der Waals surface area (Å²) in [5, 5.41) is 6.09. The molecular formula is C13H28N2O. The van der Waals surface area contributed by atoms with Crippen LogP contribution in [0.3, 0.4) is 0 Å². The van der Waals surface area contributed by atoms with E-state index in [4.69, 9.17) is 0 Å². The first-order valence-electron chi connectivity index (χ1n) is 6.12. The fourth-order valence-electron chi connectivity index (χ4n) is 1.40. The van der Waals surface area contributed by atoms with Crippen LogP contribution in [0, 0.1) is 5.41 Å². The van der Waals surface area contributed by atoms with Crippen LogP contribution in [-0.2, 0) is 4.79 Å². The molecule has 3 nitrogen and oxygen atoms in total. The maximum absolute atomic E-state index is 11.6. The molecule has 0 heterocycles. The molecule has 0 fully saturated rings. The van der Waals surface area contributed by atoms with E-state index in [0.29, 0.717) is 11.8 Å². The summed E-state index contributed by atoms with van der Waals surface area (Å²) in [6.45, 7) is 11.5. The summed E-state index contributed by atoms with van der Waals surface area (Å²) in [6, 6.07) is 0. The average Bonchev–Trinajstić information content (AvgIpc) is 2.10. The molecule has 0 aromatic rings. The number of carbonyl (C=O) groups excluding carboxylic acids is 1. The van der Waals surface area contributed by atoms with Gasteiger partial charge < -0.3 is 10.6 Å². The lowest BCUT2D eigenvalue weighted by Gasteiger charge is -2.23. The lowest BCUT2D eigenvalue weighted by molar-refractivity contribution is -0.122. The Labute approximate surface area is 100 Å². The third kappa shape index (κ3) is 8.72. The highest BCUT2D eigenvalue weighted by molar-refractivity contribution is 5.77. The minimum atomic E-state index is -0.117. The lowest BCUT2D eigenvalue weighted by Crippen LogP contribution is -2.41. The minimum absolute atomic E-state index is 0.117. The molecule has 0 atom stereocenters. The van der Waals surface area contributed by atoms with Gasteiger partial charge >= 0.3 is 0 Å². The topological polar surface area (TPSA) is 41.1 Å². The maximum atomic E-state index is 11.6. The van der Waals surface area contributed by atoms with Gasteiger partial charge in [-0.05, 0) is 39.2 Å². The molecule has 0 aliphatic carbocycles. The predicted molar refractivity (Wildman–Crippen MR) is 69.5 cm³/mol. The van der Waals surface area contributed by atoms with Crippen LogP contribution < -0.4 is 10.6 Å². The van der Waals surface area contributed by atoms with Gasteiger partial charge in [-0.1, -0.05) is 20.8 Å². The highest BCUT2D eigenvalue weighted by atomic mass is 16.1. The second-order valence-corrected chi connectivity index (χ2v) is 6.32. The summed E-state index contributed by atoms with van der Waals surface area (Å²) in [6.07, 6.45) is 2.72. The summed E-state index contributed by atoms with van der Waals surface area (Å²) in [5.74, 6) is 0.133. The molecule has 3 heteroatoms. The SMILES string of the molecule is CNC(C)(C)CC(=O)NCCCC(C)(C)C. The molecule has 0 aromatic carbocycles. The Morgan fingerprint density at radius 3 is 2.12 bits per heavy atom.